The Morgan fingerprint density at radius 2 is 2.04 bits per heavy atom. The lowest BCUT2D eigenvalue weighted by atomic mass is 10.2. The second-order valence-corrected chi connectivity index (χ2v) is 5.66. The zero-order valence-electron chi connectivity index (χ0n) is 11.7. The Bertz CT molecular complexity index is 962. The molecule has 0 unspecified atom stereocenters. The Morgan fingerprint density at radius 1 is 1.26 bits per heavy atom. The first kappa shape index (κ1) is 14.9. The van der Waals surface area contributed by atoms with Crippen LogP contribution in [0.4, 0.5) is 5.13 Å². The van der Waals surface area contributed by atoms with Crippen molar-refractivity contribution in [3.63, 3.8) is 0 Å². The first-order chi connectivity index (χ1) is 11.0. The zero-order valence-corrected chi connectivity index (χ0v) is 12.5. The van der Waals surface area contributed by atoms with Crippen LogP contribution in [0, 0.1) is 0 Å². The van der Waals surface area contributed by atoms with Crippen molar-refractivity contribution < 1.29 is 9.59 Å². The summed E-state index contributed by atoms with van der Waals surface area (Å²) in [5, 5.41) is 7.30. The van der Waals surface area contributed by atoms with Crippen LogP contribution in [0.1, 0.15) is 9.67 Å². The third kappa shape index (κ3) is 3.09. The molecule has 3 rings (SSSR count). The molecule has 0 aliphatic rings. The maximum absolute atomic E-state index is 12.1. The van der Waals surface area contributed by atoms with Crippen LogP contribution in [0.15, 0.2) is 41.5 Å². The smallest absolute Gasteiger partial charge is 0.260 e. The second-order valence-electron chi connectivity index (χ2n) is 4.63. The number of thiazole rings is 1. The minimum absolute atomic E-state index is 0.0910. The van der Waals surface area contributed by atoms with Gasteiger partial charge in [-0.25, -0.2) is 4.98 Å². The van der Waals surface area contributed by atoms with Crippen molar-refractivity contribution in [3.8, 4) is 0 Å². The Labute approximate surface area is 133 Å². The molecule has 0 saturated carbocycles. The summed E-state index contributed by atoms with van der Waals surface area (Å²) in [6.07, 6.45) is 2.47. The second kappa shape index (κ2) is 5.97. The van der Waals surface area contributed by atoms with E-state index in [2.05, 4.69) is 15.4 Å². The van der Waals surface area contributed by atoms with Gasteiger partial charge in [0, 0.05) is 5.39 Å². The molecule has 0 aliphatic heterocycles. The Hall–Kier alpha value is -3.07. The molecule has 0 fully saturated rings. The van der Waals surface area contributed by atoms with E-state index in [1.165, 1.54) is 17.1 Å². The Balaban J connectivity index is 1.81. The Kier molecular flexibility index (Phi) is 3.85. The summed E-state index contributed by atoms with van der Waals surface area (Å²) in [5.74, 6) is -0.979. The van der Waals surface area contributed by atoms with E-state index in [1.807, 2.05) is 0 Å². The number of aromatic nitrogens is 3. The summed E-state index contributed by atoms with van der Waals surface area (Å²) in [6.45, 7) is -0.0910. The molecule has 8 nitrogen and oxygen atoms in total. The largest absolute Gasteiger partial charge is 0.365 e. The highest BCUT2D eigenvalue weighted by atomic mass is 32.1. The highest BCUT2D eigenvalue weighted by molar-refractivity contribution is 7.17. The van der Waals surface area contributed by atoms with Gasteiger partial charge in [-0.2, -0.15) is 5.10 Å². The number of benzene rings is 1. The third-order valence-corrected chi connectivity index (χ3v) is 3.98. The fourth-order valence-electron chi connectivity index (χ4n) is 2.03. The van der Waals surface area contributed by atoms with Gasteiger partial charge in [0.15, 0.2) is 5.13 Å². The van der Waals surface area contributed by atoms with Crippen molar-refractivity contribution in [3.05, 3.63) is 51.8 Å². The van der Waals surface area contributed by atoms with E-state index in [4.69, 9.17) is 5.73 Å². The lowest BCUT2D eigenvalue weighted by Gasteiger charge is -2.08. The topological polar surface area (TPSA) is 120 Å². The van der Waals surface area contributed by atoms with Gasteiger partial charge in [-0.3, -0.25) is 19.1 Å². The number of anilines is 1. The van der Waals surface area contributed by atoms with Gasteiger partial charge in [-0.05, 0) is 12.1 Å². The number of hydrogen-bond donors (Lipinski definition) is 2. The fourth-order valence-corrected chi connectivity index (χ4v) is 2.71. The van der Waals surface area contributed by atoms with Gasteiger partial charge in [0.25, 0.3) is 5.91 Å². The van der Waals surface area contributed by atoms with E-state index in [9.17, 15) is 14.4 Å². The molecule has 2 aromatic heterocycles. The van der Waals surface area contributed by atoms with Gasteiger partial charge in [0.1, 0.15) is 11.4 Å². The van der Waals surface area contributed by atoms with Gasteiger partial charge >= 0.3 is 0 Å². The van der Waals surface area contributed by atoms with Gasteiger partial charge in [-0.1, -0.05) is 23.5 Å². The molecule has 0 aliphatic carbocycles. The summed E-state index contributed by atoms with van der Waals surface area (Å²) in [5.41, 5.74) is 5.49. The first-order valence-electron chi connectivity index (χ1n) is 6.55. The minimum atomic E-state index is -0.601. The van der Waals surface area contributed by atoms with Gasteiger partial charge in [-0.15, -0.1) is 0 Å². The molecule has 23 heavy (non-hydrogen) atoms. The number of nitrogens with zero attached hydrogens (tertiary/aromatic N) is 3. The van der Waals surface area contributed by atoms with Crippen LogP contribution in [0.2, 0.25) is 0 Å². The van der Waals surface area contributed by atoms with Crippen molar-refractivity contribution in [1.82, 2.24) is 14.8 Å². The number of carbonyl (C=O) groups is 2. The monoisotopic (exact) mass is 329 g/mol. The number of hydrogen-bond acceptors (Lipinski definition) is 6. The number of para-hydroxylation sites is 1. The van der Waals surface area contributed by atoms with E-state index < -0.39 is 5.91 Å². The molecule has 0 bridgehead atoms. The first-order valence-corrected chi connectivity index (χ1v) is 7.36. The van der Waals surface area contributed by atoms with Gasteiger partial charge < -0.3 is 11.1 Å². The molecule has 0 atom stereocenters. The molecule has 2 amide bonds. The molecule has 9 heteroatoms. The molecular formula is C14H11N5O3S. The predicted octanol–water partition coefficient (Wildman–Crippen LogP) is 0.591. The number of primary amides is 1. The van der Waals surface area contributed by atoms with Crippen molar-refractivity contribution in [2.75, 3.05) is 5.32 Å². The minimum Gasteiger partial charge on any atom is -0.365 e. The molecule has 0 spiro atoms. The molecule has 0 saturated heterocycles. The SMILES string of the molecule is NC(=O)c1cnc(NC(=O)Cn2ncc(=O)c3ccccc32)s1. The van der Waals surface area contributed by atoms with Crippen LogP contribution in [0.5, 0.6) is 0 Å². The number of amides is 2. The lowest BCUT2D eigenvalue weighted by Crippen LogP contribution is -2.22. The van der Waals surface area contributed by atoms with E-state index in [1.54, 1.807) is 24.3 Å². The van der Waals surface area contributed by atoms with E-state index in [0.717, 1.165) is 11.3 Å². The van der Waals surface area contributed by atoms with Crippen LogP contribution in [0.25, 0.3) is 10.9 Å². The predicted molar refractivity (Wildman–Crippen MR) is 85.3 cm³/mol. The average Bonchev–Trinajstić information content (AvgIpc) is 2.99. The molecule has 0 radical (unpaired) electrons. The summed E-state index contributed by atoms with van der Waals surface area (Å²) in [4.78, 5) is 39.0. The number of nitrogens with one attached hydrogen (secondary N) is 1. The summed E-state index contributed by atoms with van der Waals surface area (Å²) in [7, 11) is 0. The number of fused-ring (bicyclic) bond motifs is 1. The maximum Gasteiger partial charge on any atom is 0.260 e. The van der Waals surface area contributed by atoms with Crippen molar-refractivity contribution in [1.29, 1.82) is 0 Å². The van der Waals surface area contributed by atoms with Crippen molar-refractivity contribution >= 4 is 39.2 Å². The van der Waals surface area contributed by atoms with E-state index in [0.29, 0.717) is 10.9 Å². The average molecular weight is 329 g/mol. The van der Waals surface area contributed by atoms with Crippen molar-refractivity contribution in [2.24, 2.45) is 5.73 Å². The highest BCUT2D eigenvalue weighted by Gasteiger charge is 2.11. The van der Waals surface area contributed by atoms with Crippen LogP contribution in [0.3, 0.4) is 0 Å². The molecule has 2 heterocycles. The van der Waals surface area contributed by atoms with Crippen LogP contribution in [-0.4, -0.2) is 26.6 Å². The Morgan fingerprint density at radius 3 is 2.78 bits per heavy atom. The summed E-state index contributed by atoms with van der Waals surface area (Å²) >= 11 is 0.989. The fraction of sp³-hybridized carbons (Fsp3) is 0.0714. The summed E-state index contributed by atoms with van der Waals surface area (Å²) in [6, 6.07) is 6.90. The normalized spacial score (nSPS) is 10.6. The van der Waals surface area contributed by atoms with E-state index >= 15 is 0 Å². The quantitative estimate of drug-likeness (QED) is 0.726. The van der Waals surface area contributed by atoms with Crippen LogP contribution >= 0.6 is 11.3 Å². The number of rotatable bonds is 4. The zero-order chi connectivity index (χ0) is 16.4. The molecule has 3 N–H and O–H groups in total. The molecule has 116 valence electrons. The molecule has 1 aromatic carbocycles. The number of carbonyl (C=O) groups excluding carboxylic acids is 2. The van der Waals surface area contributed by atoms with Crippen LogP contribution in [-0.2, 0) is 11.3 Å². The molecule has 3 aromatic rings. The number of nitrogens with two attached hydrogens (primary N) is 1. The lowest BCUT2D eigenvalue weighted by molar-refractivity contribution is -0.116. The van der Waals surface area contributed by atoms with Gasteiger partial charge in [0.05, 0.1) is 17.9 Å². The standard InChI is InChI=1S/C14H11N5O3S/c15-13(22)11-6-16-14(23-11)18-12(21)7-19-9-4-2-1-3-8(9)10(20)5-17-19/h1-6H,7H2,(H2,15,22)(H,16,18,21). The third-order valence-electron chi connectivity index (χ3n) is 3.05. The van der Waals surface area contributed by atoms with Crippen molar-refractivity contribution in [2.45, 2.75) is 6.54 Å². The van der Waals surface area contributed by atoms with E-state index in [-0.39, 0.29) is 27.9 Å². The van der Waals surface area contributed by atoms with Gasteiger partial charge in [0.2, 0.25) is 11.3 Å². The molecular weight excluding hydrogens is 318 g/mol. The summed E-state index contributed by atoms with van der Waals surface area (Å²) < 4.78 is 1.43. The van der Waals surface area contributed by atoms with Crippen LogP contribution < -0.4 is 16.5 Å². The highest BCUT2D eigenvalue weighted by Crippen LogP contribution is 2.17. The maximum atomic E-state index is 12.1.